The largest absolute Gasteiger partial charge is 0.327 e. The van der Waals surface area contributed by atoms with E-state index in [9.17, 15) is 0 Å². The lowest BCUT2D eigenvalue weighted by Gasteiger charge is -2.30. The van der Waals surface area contributed by atoms with Gasteiger partial charge in [-0.25, -0.2) is 25.8 Å². The first-order valence-corrected chi connectivity index (χ1v) is 15.5. The Labute approximate surface area is 264 Å². The predicted octanol–water partition coefficient (Wildman–Crippen LogP) is 8.02. The maximum absolute atomic E-state index is 5.15. The van der Waals surface area contributed by atoms with Crippen LogP contribution in [0.3, 0.4) is 0 Å². The van der Waals surface area contributed by atoms with Crippen molar-refractivity contribution in [3.05, 3.63) is 138 Å². The van der Waals surface area contributed by atoms with Gasteiger partial charge in [0.25, 0.3) is 0 Å². The van der Waals surface area contributed by atoms with Gasteiger partial charge in [0.1, 0.15) is 12.3 Å². The number of rotatable bonds is 6. The number of allylic oxidation sites excluding steroid dienone is 1. The number of nitrogens with one attached hydrogen (secondary N) is 2. The van der Waals surface area contributed by atoms with E-state index in [0.29, 0.717) is 0 Å². The summed E-state index contributed by atoms with van der Waals surface area (Å²) in [4.78, 5) is 22.1. The molecule has 3 aromatic heterocycles. The van der Waals surface area contributed by atoms with Crippen LogP contribution in [0.1, 0.15) is 68.6 Å². The molecule has 7 rings (SSSR count). The van der Waals surface area contributed by atoms with Crippen molar-refractivity contribution in [1.29, 1.82) is 0 Å². The van der Waals surface area contributed by atoms with Gasteiger partial charge in [-0.05, 0) is 72.4 Å². The summed E-state index contributed by atoms with van der Waals surface area (Å²) in [5.74, 6) is 0. The molecule has 5 heterocycles. The van der Waals surface area contributed by atoms with Gasteiger partial charge in [-0.1, -0.05) is 87.5 Å². The molecule has 2 aliphatic heterocycles. The summed E-state index contributed by atoms with van der Waals surface area (Å²) in [6.07, 6.45) is 5.58. The van der Waals surface area contributed by atoms with Gasteiger partial charge in [0.05, 0.1) is 39.9 Å². The highest BCUT2D eigenvalue weighted by molar-refractivity contribution is 5.75. The van der Waals surface area contributed by atoms with Crippen LogP contribution in [-0.2, 0) is 5.41 Å². The Morgan fingerprint density at radius 1 is 0.600 bits per heavy atom. The monoisotopic (exact) mass is 591 g/mol. The van der Waals surface area contributed by atoms with Gasteiger partial charge >= 0.3 is 0 Å². The van der Waals surface area contributed by atoms with E-state index in [1.807, 2.05) is 42.6 Å². The first-order valence-electron chi connectivity index (χ1n) is 15.5. The quantitative estimate of drug-likeness (QED) is 0.208. The Morgan fingerprint density at radius 2 is 1.20 bits per heavy atom. The van der Waals surface area contributed by atoms with Crippen LogP contribution in [0.25, 0.3) is 28.3 Å². The molecule has 5 aromatic rings. The van der Waals surface area contributed by atoms with Crippen LogP contribution in [0.2, 0.25) is 0 Å². The number of benzene rings is 2. The zero-order valence-electron chi connectivity index (χ0n) is 25.9. The molecule has 0 aliphatic carbocycles. The van der Waals surface area contributed by atoms with Crippen LogP contribution < -0.4 is 15.8 Å². The predicted molar refractivity (Wildman–Crippen MR) is 182 cm³/mol. The van der Waals surface area contributed by atoms with E-state index >= 15 is 0 Å². The van der Waals surface area contributed by atoms with Gasteiger partial charge in [0.15, 0.2) is 0 Å². The average Bonchev–Trinajstić information content (AvgIpc) is 3.55. The molecule has 0 radical (unpaired) electrons. The summed E-state index contributed by atoms with van der Waals surface area (Å²) >= 11 is 0. The summed E-state index contributed by atoms with van der Waals surface area (Å²) in [5, 5.41) is 0. The molecule has 2 aromatic carbocycles. The molecule has 45 heavy (non-hydrogen) atoms. The number of nitrogens with zero attached hydrogens (tertiary/aromatic N) is 5. The summed E-state index contributed by atoms with van der Waals surface area (Å²) < 4.78 is 0. The number of hydrogen-bond donors (Lipinski definition) is 2. The van der Waals surface area contributed by atoms with E-state index in [1.54, 1.807) is 0 Å². The Hall–Kier alpha value is -4.98. The molecule has 2 aliphatic rings. The van der Waals surface area contributed by atoms with Crippen LogP contribution >= 0.6 is 0 Å². The minimum atomic E-state index is -0.247. The first kappa shape index (κ1) is 28.8. The maximum atomic E-state index is 5.15. The Morgan fingerprint density at radius 3 is 1.84 bits per heavy atom. The minimum Gasteiger partial charge on any atom is -0.327 e. The third kappa shape index (κ3) is 6.05. The van der Waals surface area contributed by atoms with Crippen LogP contribution in [0.15, 0.2) is 120 Å². The van der Waals surface area contributed by atoms with Gasteiger partial charge in [-0.15, -0.1) is 0 Å². The second-order valence-electron chi connectivity index (χ2n) is 12.4. The molecule has 0 bridgehead atoms. The smallest absolute Gasteiger partial charge is 0.137 e. The van der Waals surface area contributed by atoms with E-state index in [0.717, 1.165) is 64.0 Å². The van der Waals surface area contributed by atoms with Crippen molar-refractivity contribution in [2.24, 2.45) is 4.99 Å². The molecule has 0 spiro atoms. The number of hydrogen-bond acceptors (Lipinski definition) is 7. The lowest BCUT2D eigenvalue weighted by Crippen LogP contribution is -2.30. The van der Waals surface area contributed by atoms with E-state index in [-0.39, 0.29) is 17.7 Å². The molecular weight excluding hydrogens is 554 g/mol. The minimum absolute atomic E-state index is 0.101. The fourth-order valence-corrected chi connectivity index (χ4v) is 5.83. The van der Waals surface area contributed by atoms with Crippen molar-refractivity contribution in [2.45, 2.75) is 51.4 Å². The van der Waals surface area contributed by atoms with Crippen LogP contribution in [0.5, 0.6) is 0 Å². The fourth-order valence-electron chi connectivity index (χ4n) is 5.83. The standard InChI is InChI=1S/C38H37N7/c1-38(2,3)27-23-21-26(22-24-27)29-15-9-19-34(40-29)36-43-44-37(45(36)28-12-5-4-6-13-28)35-20-11-18-33(42-35)32-17-10-16-31(41-32)30-14-7-8-25-39-30/h4-6,9-25,36-37,43-44H,7-8H2,1-3H3. The highest BCUT2D eigenvalue weighted by atomic mass is 15.6. The van der Waals surface area contributed by atoms with E-state index < -0.39 is 0 Å². The molecule has 2 unspecified atom stereocenters. The second-order valence-corrected chi connectivity index (χ2v) is 12.4. The number of anilines is 1. The number of aliphatic imine (C=N–C) groups is 1. The van der Waals surface area contributed by atoms with Crippen molar-refractivity contribution < 1.29 is 0 Å². The highest BCUT2D eigenvalue weighted by Crippen LogP contribution is 2.37. The van der Waals surface area contributed by atoms with Gasteiger partial charge in [0, 0.05) is 17.5 Å². The van der Waals surface area contributed by atoms with Crippen molar-refractivity contribution in [3.63, 3.8) is 0 Å². The molecule has 1 saturated heterocycles. The maximum Gasteiger partial charge on any atom is 0.137 e. The lowest BCUT2D eigenvalue weighted by molar-refractivity contribution is 0.544. The molecule has 1 fully saturated rings. The molecule has 7 nitrogen and oxygen atoms in total. The zero-order chi connectivity index (χ0) is 30.8. The van der Waals surface area contributed by atoms with Crippen LogP contribution in [-0.4, -0.2) is 21.2 Å². The van der Waals surface area contributed by atoms with Gasteiger partial charge in [-0.2, -0.15) is 0 Å². The second kappa shape index (κ2) is 12.2. The van der Waals surface area contributed by atoms with Crippen molar-refractivity contribution in [1.82, 2.24) is 25.8 Å². The van der Waals surface area contributed by atoms with Crippen LogP contribution in [0.4, 0.5) is 5.69 Å². The number of para-hydroxylation sites is 1. The summed E-state index contributed by atoms with van der Waals surface area (Å²) in [5.41, 5.74) is 16.7. The summed E-state index contributed by atoms with van der Waals surface area (Å²) in [6.45, 7) is 6.70. The van der Waals surface area contributed by atoms with Gasteiger partial charge in [-0.3, -0.25) is 4.99 Å². The Bertz CT molecular complexity index is 1860. The topological polar surface area (TPSA) is 78.3 Å². The van der Waals surface area contributed by atoms with Crippen molar-refractivity contribution in [2.75, 3.05) is 4.90 Å². The summed E-state index contributed by atoms with van der Waals surface area (Å²) in [6, 6.07) is 37.5. The molecular formula is C38H37N7. The van der Waals surface area contributed by atoms with E-state index in [1.165, 1.54) is 5.56 Å². The highest BCUT2D eigenvalue weighted by Gasteiger charge is 2.37. The summed E-state index contributed by atoms with van der Waals surface area (Å²) in [7, 11) is 0. The number of aromatic nitrogens is 3. The molecule has 7 heteroatoms. The molecule has 2 atom stereocenters. The van der Waals surface area contributed by atoms with Crippen molar-refractivity contribution in [3.8, 4) is 22.6 Å². The SMILES string of the molecule is CC(C)(C)c1ccc(-c2cccc(C3NNC(c4cccc(-c5cccc(C6=CCCC=N6)n5)n4)N3c3ccccc3)n2)cc1. The third-order valence-corrected chi connectivity index (χ3v) is 8.25. The zero-order valence-corrected chi connectivity index (χ0v) is 25.9. The third-order valence-electron chi connectivity index (χ3n) is 8.25. The average molecular weight is 592 g/mol. The van der Waals surface area contributed by atoms with E-state index in [4.69, 9.17) is 15.0 Å². The fraction of sp³-hybridized carbons (Fsp3) is 0.211. The molecule has 0 amide bonds. The number of hydrazine groups is 1. The number of pyridine rings is 3. The molecule has 2 N–H and O–H groups in total. The lowest BCUT2D eigenvalue weighted by atomic mass is 9.86. The van der Waals surface area contributed by atoms with E-state index in [2.05, 4.69) is 120 Å². The van der Waals surface area contributed by atoms with Crippen molar-refractivity contribution >= 4 is 17.6 Å². The Kier molecular flexibility index (Phi) is 7.79. The van der Waals surface area contributed by atoms with Crippen LogP contribution in [0, 0.1) is 0 Å². The normalized spacial score (nSPS) is 18.2. The van der Waals surface area contributed by atoms with Gasteiger partial charge < -0.3 is 4.90 Å². The molecule has 0 saturated carbocycles. The first-order chi connectivity index (χ1) is 21.9. The van der Waals surface area contributed by atoms with Gasteiger partial charge in [0.2, 0.25) is 0 Å². The molecule has 224 valence electrons. The Balaban J connectivity index is 1.22.